The predicted octanol–water partition coefficient (Wildman–Crippen LogP) is 2.00. The molecule has 1 fully saturated rings. The topological polar surface area (TPSA) is 150 Å². The van der Waals surface area contributed by atoms with E-state index in [-0.39, 0.29) is 30.1 Å². The molecule has 1 amide bonds. The molecule has 0 bridgehead atoms. The lowest BCUT2D eigenvalue weighted by molar-refractivity contribution is 0.100. The van der Waals surface area contributed by atoms with Gasteiger partial charge in [0.15, 0.2) is 0 Å². The van der Waals surface area contributed by atoms with Gasteiger partial charge in [-0.3, -0.25) is 4.79 Å². The second-order valence-corrected chi connectivity index (χ2v) is 7.01. The van der Waals surface area contributed by atoms with Crippen LogP contribution in [0.4, 0.5) is 17.5 Å². The Morgan fingerprint density at radius 2 is 1.93 bits per heavy atom. The van der Waals surface area contributed by atoms with E-state index in [1.807, 2.05) is 24.3 Å². The van der Waals surface area contributed by atoms with Gasteiger partial charge < -0.3 is 22.1 Å². The van der Waals surface area contributed by atoms with Crippen LogP contribution in [0.3, 0.4) is 0 Å². The highest BCUT2D eigenvalue weighted by Crippen LogP contribution is 2.24. The number of primary amides is 1. The Morgan fingerprint density at radius 1 is 1.17 bits per heavy atom. The van der Waals surface area contributed by atoms with Crippen LogP contribution in [0.25, 0.3) is 5.69 Å². The van der Waals surface area contributed by atoms with Gasteiger partial charge in [-0.1, -0.05) is 18.9 Å². The lowest BCUT2D eigenvalue weighted by Crippen LogP contribution is -2.43. The van der Waals surface area contributed by atoms with E-state index in [0.717, 1.165) is 31.4 Å². The van der Waals surface area contributed by atoms with E-state index in [2.05, 4.69) is 30.8 Å². The van der Waals surface area contributed by atoms with Crippen LogP contribution in [-0.2, 0) is 0 Å². The molecular formula is C19H24ClN9O. The van der Waals surface area contributed by atoms with Crippen molar-refractivity contribution in [2.24, 2.45) is 11.5 Å². The Hall–Kier alpha value is -3.24. The van der Waals surface area contributed by atoms with Crippen LogP contribution >= 0.6 is 12.4 Å². The van der Waals surface area contributed by atoms with Crippen molar-refractivity contribution < 1.29 is 4.79 Å². The molecule has 2 aromatic heterocycles. The number of aromatic nitrogens is 5. The van der Waals surface area contributed by atoms with Gasteiger partial charge in [-0.25, -0.2) is 4.98 Å². The minimum atomic E-state index is -0.613. The normalized spacial score (nSPS) is 18.3. The summed E-state index contributed by atoms with van der Waals surface area (Å²) in [5, 5.41) is 14.7. The van der Waals surface area contributed by atoms with Crippen molar-refractivity contribution >= 4 is 35.8 Å². The molecule has 1 aliphatic carbocycles. The van der Waals surface area contributed by atoms with Gasteiger partial charge in [-0.15, -0.1) is 12.4 Å². The summed E-state index contributed by atoms with van der Waals surface area (Å²) in [6.45, 7) is 0. The standard InChI is InChI=1S/C19H23N9O.ClH/c20-15-6-1-2-7-16(15)26-19-22-11-14(17(21)29)18(27-19)25-12-4-3-5-13(10-12)28-23-8-9-24-28;/h3-5,8-11,15-16H,1-2,6-7,20H2,(H2,21,29)(H2,22,25,26,27);1H/t15-,16-;/m1./s1. The van der Waals surface area contributed by atoms with E-state index in [0.29, 0.717) is 17.5 Å². The van der Waals surface area contributed by atoms with Crippen LogP contribution < -0.4 is 22.1 Å². The third kappa shape index (κ3) is 4.84. The minimum Gasteiger partial charge on any atom is -0.365 e. The zero-order chi connectivity index (χ0) is 20.2. The van der Waals surface area contributed by atoms with E-state index in [1.165, 1.54) is 11.0 Å². The fourth-order valence-corrected chi connectivity index (χ4v) is 3.43. The summed E-state index contributed by atoms with van der Waals surface area (Å²) in [6, 6.07) is 7.58. The van der Waals surface area contributed by atoms with E-state index in [1.54, 1.807) is 12.4 Å². The van der Waals surface area contributed by atoms with Crippen molar-refractivity contribution in [2.75, 3.05) is 10.6 Å². The molecule has 11 heteroatoms. The highest BCUT2D eigenvalue weighted by Gasteiger charge is 2.23. The second kappa shape index (κ2) is 9.51. The van der Waals surface area contributed by atoms with Gasteiger partial charge in [0.2, 0.25) is 5.95 Å². The first-order chi connectivity index (χ1) is 14.1. The Bertz CT molecular complexity index is 995. The molecular weight excluding hydrogens is 406 g/mol. The summed E-state index contributed by atoms with van der Waals surface area (Å²) in [5.74, 6) is 0.119. The Labute approximate surface area is 179 Å². The Morgan fingerprint density at radius 3 is 2.67 bits per heavy atom. The van der Waals surface area contributed by atoms with Crippen molar-refractivity contribution in [1.29, 1.82) is 0 Å². The highest BCUT2D eigenvalue weighted by atomic mass is 35.5. The summed E-state index contributed by atoms with van der Waals surface area (Å²) in [6.07, 6.45) is 8.81. The number of hydrogen-bond acceptors (Lipinski definition) is 8. The maximum Gasteiger partial charge on any atom is 0.254 e. The molecule has 6 N–H and O–H groups in total. The molecule has 2 heterocycles. The predicted molar refractivity (Wildman–Crippen MR) is 116 cm³/mol. The molecule has 0 aliphatic heterocycles. The summed E-state index contributed by atoms with van der Waals surface area (Å²) < 4.78 is 0. The summed E-state index contributed by atoms with van der Waals surface area (Å²) in [5.41, 5.74) is 13.4. The first-order valence-electron chi connectivity index (χ1n) is 9.53. The van der Waals surface area contributed by atoms with E-state index >= 15 is 0 Å². The summed E-state index contributed by atoms with van der Waals surface area (Å²) >= 11 is 0. The number of nitrogens with two attached hydrogens (primary N) is 2. The molecule has 10 nitrogen and oxygen atoms in total. The largest absolute Gasteiger partial charge is 0.365 e. The lowest BCUT2D eigenvalue weighted by atomic mass is 9.91. The number of halogens is 1. The molecule has 1 aliphatic rings. The fraction of sp³-hybridized carbons (Fsp3) is 0.316. The number of hydrogen-bond donors (Lipinski definition) is 4. The van der Waals surface area contributed by atoms with E-state index in [9.17, 15) is 4.79 Å². The summed E-state index contributed by atoms with van der Waals surface area (Å²) in [4.78, 5) is 22.1. The minimum absolute atomic E-state index is 0. The first-order valence-corrected chi connectivity index (χ1v) is 9.53. The molecule has 1 aromatic carbocycles. The molecule has 0 saturated heterocycles. The van der Waals surface area contributed by atoms with Crippen LogP contribution in [0, 0.1) is 0 Å². The van der Waals surface area contributed by atoms with Gasteiger partial charge in [0.05, 0.1) is 18.1 Å². The Kier molecular flexibility index (Phi) is 6.80. The van der Waals surface area contributed by atoms with Gasteiger partial charge in [0.25, 0.3) is 5.91 Å². The number of rotatable bonds is 6. The quantitative estimate of drug-likeness (QED) is 0.464. The smallest absolute Gasteiger partial charge is 0.254 e. The van der Waals surface area contributed by atoms with E-state index in [4.69, 9.17) is 11.5 Å². The highest BCUT2D eigenvalue weighted by molar-refractivity contribution is 5.98. The van der Waals surface area contributed by atoms with Crippen LogP contribution in [-0.4, -0.2) is 43.0 Å². The maximum absolute atomic E-state index is 11.9. The molecule has 0 radical (unpaired) electrons. The molecule has 30 heavy (non-hydrogen) atoms. The summed E-state index contributed by atoms with van der Waals surface area (Å²) in [7, 11) is 0. The molecule has 158 valence electrons. The van der Waals surface area contributed by atoms with Gasteiger partial charge >= 0.3 is 0 Å². The third-order valence-electron chi connectivity index (χ3n) is 4.95. The number of anilines is 3. The monoisotopic (exact) mass is 429 g/mol. The number of carbonyl (C=O) groups is 1. The van der Waals surface area contributed by atoms with Gasteiger partial charge in [0.1, 0.15) is 11.4 Å². The van der Waals surface area contributed by atoms with Crippen molar-refractivity contribution in [3.05, 3.63) is 48.4 Å². The number of amides is 1. The van der Waals surface area contributed by atoms with Crippen molar-refractivity contribution in [3.8, 4) is 5.69 Å². The molecule has 4 rings (SSSR count). The van der Waals surface area contributed by atoms with Crippen LogP contribution in [0.1, 0.15) is 36.0 Å². The van der Waals surface area contributed by atoms with Crippen molar-refractivity contribution in [3.63, 3.8) is 0 Å². The number of nitrogens with zero attached hydrogens (tertiary/aromatic N) is 5. The molecule has 2 atom stereocenters. The van der Waals surface area contributed by atoms with Crippen molar-refractivity contribution in [2.45, 2.75) is 37.8 Å². The molecule has 0 unspecified atom stereocenters. The van der Waals surface area contributed by atoms with Gasteiger partial charge in [-0.05, 0) is 31.0 Å². The third-order valence-corrected chi connectivity index (χ3v) is 4.95. The van der Waals surface area contributed by atoms with Crippen LogP contribution in [0.15, 0.2) is 42.9 Å². The maximum atomic E-state index is 11.9. The van der Waals surface area contributed by atoms with Crippen LogP contribution in [0.5, 0.6) is 0 Å². The second-order valence-electron chi connectivity index (χ2n) is 7.01. The zero-order valence-corrected chi connectivity index (χ0v) is 17.0. The zero-order valence-electron chi connectivity index (χ0n) is 16.2. The average molecular weight is 430 g/mol. The number of carbonyl (C=O) groups excluding carboxylic acids is 1. The number of nitrogens with one attached hydrogen (secondary N) is 2. The van der Waals surface area contributed by atoms with E-state index < -0.39 is 5.91 Å². The molecule has 1 saturated carbocycles. The van der Waals surface area contributed by atoms with Crippen molar-refractivity contribution in [1.82, 2.24) is 25.0 Å². The lowest BCUT2D eigenvalue weighted by Gasteiger charge is -2.29. The van der Waals surface area contributed by atoms with Gasteiger partial charge in [0, 0.05) is 24.0 Å². The Balaban J connectivity index is 0.00000256. The molecule has 3 aromatic rings. The molecule has 0 spiro atoms. The SMILES string of the molecule is Cl.NC(=O)c1cnc(N[C@@H]2CCCC[C@H]2N)nc1Nc1cccc(-n2nccn2)c1. The van der Waals surface area contributed by atoms with Gasteiger partial charge in [-0.2, -0.15) is 20.0 Å². The number of benzene rings is 1. The average Bonchev–Trinajstić information content (AvgIpc) is 3.25. The fourth-order valence-electron chi connectivity index (χ4n) is 3.43. The first kappa shape index (κ1) is 21.5. The van der Waals surface area contributed by atoms with Crippen LogP contribution in [0.2, 0.25) is 0 Å².